The molecule has 15 nitrogen and oxygen atoms in total. The van der Waals surface area contributed by atoms with Crippen LogP contribution in [0.4, 0.5) is 0 Å². The number of aromatic nitrogens is 10. The van der Waals surface area contributed by atoms with Gasteiger partial charge in [0.2, 0.25) is 45.6 Å². The van der Waals surface area contributed by atoms with Crippen LogP contribution in [0.25, 0.3) is 167 Å². The van der Waals surface area contributed by atoms with Crippen LogP contribution in [-0.4, -0.2) is 24.9 Å². The smallest absolute Gasteiger partial charge is 0.227 e. The minimum Gasteiger partial charge on any atom is -0.453 e. The van der Waals surface area contributed by atoms with Crippen molar-refractivity contribution in [3.05, 3.63) is 298 Å². The van der Waals surface area contributed by atoms with E-state index in [1.54, 1.807) is 12.4 Å². The summed E-state index contributed by atoms with van der Waals surface area (Å²) in [5.74, 6) is -0.974. The number of rotatable bonds is 14. The molecule has 0 saturated carbocycles. The van der Waals surface area contributed by atoms with E-state index in [0.717, 1.165) is 209 Å². The number of aryl methyl sites for hydroxylation is 16. The Morgan fingerprint density at radius 3 is 1.12 bits per heavy atom. The Bertz CT molecular complexity index is 7810. The molecular weight excluding hydrogens is 1550 g/mol. The van der Waals surface area contributed by atoms with Gasteiger partial charge in [-0.15, -0.1) is 0 Å². The van der Waals surface area contributed by atoms with Crippen molar-refractivity contribution in [2.45, 2.75) is 174 Å². The summed E-state index contributed by atoms with van der Waals surface area (Å²) in [6.45, 7) is 31.0. The third kappa shape index (κ3) is 16.3. The lowest BCUT2D eigenvalue weighted by atomic mass is 9.89. The standard InChI is InChI=1S/2C25H29N2O.C24H27N2O.C19H17N2O.C18H15N2O/c2*1-7-18(8-2)21-13-22(27(6)14-16(21)4)23-15(3)9-11-19-20-12-10-17(5)26-25(20)28-24(19)23;1-6-17(7-2)18-12-13-26(5)21(14-18)22-15(3)8-10-19-20-11-9-16(4)25-24(20)27-23(19)22;1-12-7-9-14-18-16(10-8-13(2)20-18)22-19(14)17(12)15-6-4-5-11-21(15)3;1-12-8-9-13-17-15(7-5-10-19-17)21-18(13)16(12)14-6-3-4-11-20(14)2/h2*9-14,18H,7-8H2,1-6H3;8-14,17H,6-7H2,1-5H3;4-11H,1-3H3;3-11H,1-2H3/q5*+1/i4D3,18D;;17D;;. The van der Waals surface area contributed by atoms with Crippen LogP contribution in [0.15, 0.2) is 241 Å². The van der Waals surface area contributed by atoms with Gasteiger partial charge < -0.3 is 22.1 Å². The Morgan fingerprint density at radius 1 is 0.310 bits per heavy atom. The molecule has 0 atom stereocenters. The largest absolute Gasteiger partial charge is 0.453 e. The molecular formula is C111H117N10O5+5. The third-order valence-electron chi connectivity index (χ3n) is 25.2. The monoisotopic (exact) mass is 1670 g/mol. The van der Waals surface area contributed by atoms with Crippen LogP contribution in [0.5, 0.6) is 0 Å². The number of pyridine rings is 10. The molecule has 0 aliphatic carbocycles. The number of fused-ring (bicyclic) bond motifs is 15. The summed E-state index contributed by atoms with van der Waals surface area (Å²) in [5, 5.41) is 8.39. The summed E-state index contributed by atoms with van der Waals surface area (Å²) >= 11 is 0. The summed E-state index contributed by atoms with van der Waals surface area (Å²) in [4.78, 5) is 22.8. The average molecular weight is 1680 g/mol. The summed E-state index contributed by atoms with van der Waals surface area (Å²) in [7, 11) is 10.1. The normalized spacial score (nSPS) is 12.5. The quantitative estimate of drug-likeness (QED) is 0.0963. The van der Waals surface area contributed by atoms with Crippen LogP contribution >= 0.6 is 0 Å². The van der Waals surface area contributed by atoms with E-state index < -0.39 is 18.6 Å². The van der Waals surface area contributed by atoms with E-state index in [0.29, 0.717) is 35.7 Å². The number of hydrogen-bond acceptors (Lipinski definition) is 10. The maximum atomic E-state index is 9.04. The van der Waals surface area contributed by atoms with E-state index in [1.807, 2.05) is 140 Å². The predicted octanol–water partition coefficient (Wildman–Crippen LogP) is 26.5. The fraction of sp³-hybridized carbons (Fsp3) is 0.279. The molecule has 636 valence electrons. The van der Waals surface area contributed by atoms with Gasteiger partial charge in [0.25, 0.3) is 0 Å². The van der Waals surface area contributed by atoms with Gasteiger partial charge in [0.05, 0.1) is 27.8 Å². The van der Waals surface area contributed by atoms with Crippen molar-refractivity contribution in [3.8, 4) is 56.3 Å². The summed E-state index contributed by atoms with van der Waals surface area (Å²) in [6.07, 6.45) is 16.8. The van der Waals surface area contributed by atoms with E-state index in [2.05, 4.69) is 261 Å². The maximum Gasteiger partial charge on any atom is 0.227 e. The Labute approximate surface area is 745 Å². The number of nitrogens with zero attached hydrogens (tertiary/aromatic N) is 10. The Kier molecular flexibility index (Phi) is 22.8. The van der Waals surface area contributed by atoms with Crippen molar-refractivity contribution in [1.29, 1.82) is 0 Å². The van der Waals surface area contributed by atoms with Crippen molar-refractivity contribution in [2.24, 2.45) is 35.2 Å². The summed E-state index contributed by atoms with van der Waals surface area (Å²) < 4.78 is 83.7. The second-order valence-electron chi connectivity index (χ2n) is 33.7. The van der Waals surface area contributed by atoms with Gasteiger partial charge in [0.15, 0.2) is 70.1 Å². The minimum atomic E-state index is -2.30. The van der Waals surface area contributed by atoms with Gasteiger partial charge in [0, 0.05) is 139 Å². The van der Waals surface area contributed by atoms with Crippen LogP contribution in [0.2, 0.25) is 0 Å². The first-order valence-electron chi connectivity index (χ1n) is 46.6. The lowest BCUT2D eigenvalue weighted by molar-refractivity contribution is -0.660. The van der Waals surface area contributed by atoms with Gasteiger partial charge in [-0.1, -0.05) is 90.1 Å². The SMILES string of the molecule is CCC(CC)c1cc(-c2c(C)ccc3c2oc2nc(C)ccc23)[n+](C)cc1C.Cc1ccc2c(oc3cccnc32)c1-c1cccc[n+]1C.Cc1ccc2oc3c(-c4cccc[n+]4C)c(C)ccc3c2n1.[2H]C(CC)(CC)c1cc[n+](C)c(-c2c(C)ccc3c2oc2nc(C)ccc23)c1.[2H]C([2H])([2H])c1c[n+](C)c(-c2c(C)ccc3c2oc2nc(C)ccc23)cc1C([2H])(CC)CC. The molecule has 20 aromatic rings. The van der Waals surface area contributed by atoms with Gasteiger partial charge >= 0.3 is 0 Å². The number of hydrogen-bond donors (Lipinski definition) is 0. The van der Waals surface area contributed by atoms with Crippen LogP contribution in [0, 0.1) is 76.1 Å². The maximum absolute atomic E-state index is 9.04. The van der Waals surface area contributed by atoms with E-state index in [1.165, 1.54) is 39.1 Å². The first-order chi connectivity index (χ1) is 62.7. The van der Waals surface area contributed by atoms with Crippen molar-refractivity contribution < 1.29 is 51.8 Å². The second-order valence-corrected chi connectivity index (χ2v) is 33.7. The Morgan fingerprint density at radius 2 is 0.683 bits per heavy atom. The molecule has 0 aliphatic rings. The fourth-order valence-electron chi connectivity index (χ4n) is 18.3. The first-order valence-corrected chi connectivity index (χ1v) is 44.1. The minimum absolute atomic E-state index is 0.231. The lowest BCUT2D eigenvalue weighted by Gasteiger charge is -2.16. The van der Waals surface area contributed by atoms with Crippen molar-refractivity contribution in [3.63, 3.8) is 0 Å². The van der Waals surface area contributed by atoms with E-state index in [4.69, 9.17) is 28.9 Å². The van der Waals surface area contributed by atoms with E-state index in [-0.39, 0.29) is 5.56 Å². The molecule has 126 heavy (non-hydrogen) atoms. The zero-order valence-electron chi connectivity index (χ0n) is 81.6. The van der Waals surface area contributed by atoms with E-state index >= 15 is 0 Å². The first kappa shape index (κ1) is 79.8. The van der Waals surface area contributed by atoms with Crippen LogP contribution in [0.3, 0.4) is 0 Å². The molecule has 0 saturated heterocycles. The van der Waals surface area contributed by atoms with Gasteiger partial charge in [-0.3, -0.25) is 4.98 Å². The van der Waals surface area contributed by atoms with Crippen molar-refractivity contribution in [2.75, 3.05) is 0 Å². The van der Waals surface area contributed by atoms with Gasteiger partial charge in [0.1, 0.15) is 46.3 Å². The molecule has 0 spiro atoms. The second kappa shape index (κ2) is 36.0. The molecule has 0 unspecified atom stereocenters. The van der Waals surface area contributed by atoms with Crippen LogP contribution < -0.4 is 22.8 Å². The highest BCUT2D eigenvalue weighted by molar-refractivity contribution is 6.13. The number of furan rings is 5. The zero-order valence-corrected chi connectivity index (χ0v) is 76.6. The van der Waals surface area contributed by atoms with Crippen LogP contribution in [-0.2, 0) is 35.2 Å². The third-order valence-corrected chi connectivity index (χ3v) is 25.2. The molecule has 0 fully saturated rings. The van der Waals surface area contributed by atoms with Crippen molar-refractivity contribution in [1.82, 2.24) is 24.9 Å². The highest BCUT2D eigenvalue weighted by Crippen LogP contribution is 2.44. The molecule has 0 aliphatic heterocycles. The summed E-state index contributed by atoms with van der Waals surface area (Å²) in [6, 6.07) is 62.2. The average Bonchev–Trinajstić information content (AvgIpc) is 1.72. The fourth-order valence-corrected chi connectivity index (χ4v) is 18.3. The molecule has 0 N–H and O–H groups in total. The molecule has 15 heterocycles. The van der Waals surface area contributed by atoms with E-state index in [9.17, 15) is 0 Å². The molecule has 20 rings (SSSR count). The van der Waals surface area contributed by atoms with Gasteiger partial charge in [-0.2, -0.15) is 0 Å². The zero-order chi connectivity index (χ0) is 93.1. The molecule has 0 radical (unpaired) electrons. The molecule has 5 aromatic carbocycles. The Balaban J connectivity index is 0.000000120. The Hall–Kier alpha value is -13.4. The molecule has 0 bridgehead atoms. The van der Waals surface area contributed by atoms with Gasteiger partial charge in [-0.05, 0) is 262 Å². The predicted molar refractivity (Wildman–Crippen MR) is 513 cm³/mol. The summed E-state index contributed by atoms with van der Waals surface area (Å²) in [5.41, 5.74) is 34.9. The highest BCUT2D eigenvalue weighted by Gasteiger charge is 2.30. The molecule has 15 aromatic heterocycles. The van der Waals surface area contributed by atoms with Crippen LogP contribution in [0.1, 0.15) is 183 Å². The number of benzene rings is 5. The molecule has 0 amide bonds. The topological polar surface area (TPSA) is 150 Å². The molecule has 15 heteroatoms. The highest BCUT2D eigenvalue weighted by atomic mass is 16.4. The van der Waals surface area contributed by atoms with Gasteiger partial charge in [-0.25, -0.2) is 42.8 Å². The lowest BCUT2D eigenvalue weighted by Crippen LogP contribution is -2.32. The van der Waals surface area contributed by atoms with Crippen molar-refractivity contribution >= 4 is 110 Å².